The summed E-state index contributed by atoms with van der Waals surface area (Å²) in [7, 11) is 0. The maximum Gasteiger partial charge on any atom is 0.136 e. The van der Waals surface area contributed by atoms with Crippen LogP contribution in [-0.2, 0) is 4.79 Å². The van der Waals surface area contributed by atoms with Gasteiger partial charge in [0.15, 0.2) is 0 Å². The number of hydrogen-bond donors (Lipinski definition) is 1. The fraction of sp³-hybridized carbons (Fsp3) is 0.700. The molecular formula is C10H15NO2S. The van der Waals surface area contributed by atoms with Crippen LogP contribution in [0.4, 0.5) is 0 Å². The van der Waals surface area contributed by atoms with Crippen LogP contribution in [0.5, 0.6) is 0 Å². The van der Waals surface area contributed by atoms with Gasteiger partial charge in [-0.2, -0.15) is 0 Å². The third kappa shape index (κ3) is 2.12. The number of thioether (sulfide) groups is 1. The van der Waals surface area contributed by atoms with E-state index in [1.165, 1.54) is 6.42 Å². The first kappa shape index (κ1) is 10.1. The lowest BCUT2D eigenvalue weighted by atomic mass is 9.94. The van der Waals surface area contributed by atoms with Crippen molar-refractivity contribution in [2.75, 3.05) is 5.75 Å². The summed E-state index contributed by atoms with van der Waals surface area (Å²) < 4.78 is 0. The molecule has 1 aliphatic heterocycles. The Hall–Kier alpha value is -0.480. The minimum Gasteiger partial charge on any atom is -0.544 e. The average Bonchev–Trinajstić information content (AvgIpc) is 2.68. The zero-order valence-electron chi connectivity index (χ0n) is 8.02. The van der Waals surface area contributed by atoms with E-state index in [9.17, 15) is 9.90 Å². The van der Waals surface area contributed by atoms with E-state index in [0.717, 1.165) is 12.8 Å². The molecule has 0 radical (unpaired) electrons. The van der Waals surface area contributed by atoms with Gasteiger partial charge in [0.05, 0.1) is 5.75 Å². The summed E-state index contributed by atoms with van der Waals surface area (Å²) in [5.74, 6) is 0.438. The van der Waals surface area contributed by atoms with Crippen molar-refractivity contribution in [3.63, 3.8) is 0 Å². The molecule has 1 saturated heterocycles. The lowest BCUT2D eigenvalue weighted by Gasteiger charge is -2.21. The molecular weight excluding hydrogens is 198 g/mol. The highest BCUT2D eigenvalue weighted by Crippen LogP contribution is 2.28. The number of carboxylic acids is 1. The van der Waals surface area contributed by atoms with Gasteiger partial charge in [0, 0.05) is 5.92 Å². The second-order valence-corrected chi connectivity index (χ2v) is 5.17. The van der Waals surface area contributed by atoms with Crippen LogP contribution >= 0.6 is 11.8 Å². The molecule has 3 unspecified atom stereocenters. The first-order valence-corrected chi connectivity index (χ1v) is 6.14. The van der Waals surface area contributed by atoms with Gasteiger partial charge in [-0.1, -0.05) is 23.9 Å². The van der Waals surface area contributed by atoms with Gasteiger partial charge < -0.3 is 15.2 Å². The van der Waals surface area contributed by atoms with E-state index >= 15 is 0 Å². The molecule has 0 aromatic heterocycles. The second kappa shape index (κ2) is 4.36. The van der Waals surface area contributed by atoms with Crippen molar-refractivity contribution >= 4 is 17.7 Å². The lowest BCUT2D eigenvalue weighted by Crippen LogP contribution is -2.95. The molecule has 78 valence electrons. The maximum atomic E-state index is 10.7. The molecule has 1 fully saturated rings. The first-order chi connectivity index (χ1) is 6.77. The summed E-state index contributed by atoms with van der Waals surface area (Å²) in [5, 5.41) is 13.1. The molecule has 0 saturated carbocycles. The minimum absolute atomic E-state index is 0.323. The third-order valence-electron chi connectivity index (χ3n) is 2.97. The summed E-state index contributed by atoms with van der Waals surface area (Å²) in [6.07, 6.45) is 7.88. The largest absolute Gasteiger partial charge is 0.544 e. The third-order valence-corrected chi connectivity index (χ3v) is 4.45. The van der Waals surface area contributed by atoms with Gasteiger partial charge >= 0.3 is 0 Å². The van der Waals surface area contributed by atoms with Crippen LogP contribution in [0, 0.1) is 5.92 Å². The highest BCUT2D eigenvalue weighted by atomic mass is 32.2. The molecule has 1 heterocycles. The lowest BCUT2D eigenvalue weighted by molar-refractivity contribution is -0.690. The molecule has 2 N–H and O–H groups in total. The van der Waals surface area contributed by atoms with E-state index in [1.54, 1.807) is 11.8 Å². The van der Waals surface area contributed by atoms with Crippen LogP contribution in [0.1, 0.15) is 19.3 Å². The Morgan fingerprint density at radius 1 is 1.50 bits per heavy atom. The van der Waals surface area contributed by atoms with Gasteiger partial charge in [0.2, 0.25) is 0 Å². The summed E-state index contributed by atoms with van der Waals surface area (Å²) in [5.41, 5.74) is 0. The number of nitrogens with two attached hydrogens (primary N) is 1. The molecule has 3 atom stereocenters. The van der Waals surface area contributed by atoms with Crippen LogP contribution in [0.3, 0.4) is 0 Å². The zero-order valence-corrected chi connectivity index (χ0v) is 8.83. The van der Waals surface area contributed by atoms with Crippen molar-refractivity contribution in [3.05, 3.63) is 12.2 Å². The molecule has 0 aromatic rings. The fourth-order valence-electron chi connectivity index (χ4n) is 2.11. The number of carboxylic acid groups (broad SMARTS) is 1. The number of carbonyl (C=O) groups is 1. The first-order valence-electron chi connectivity index (χ1n) is 5.10. The molecule has 14 heavy (non-hydrogen) atoms. The topological polar surface area (TPSA) is 56.7 Å². The maximum absolute atomic E-state index is 10.7. The predicted octanol–water partition coefficient (Wildman–Crippen LogP) is -0.902. The highest BCUT2D eigenvalue weighted by molar-refractivity contribution is 7.99. The van der Waals surface area contributed by atoms with Crippen molar-refractivity contribution in [3.8, 4) is 0 Å². The standard InChI is InChI=1S/C10H15NO2S/c12-10(13)8-6-14-9(11-8)7-4-2-1-3-5-7/h1-2,7-9,11H,3-6H2,(H,12,13). The Labute approximate surface area is 88.0 Å². The van der Waals surface area contributed by atoms with Gasteiger partial charge in [0.1, 0.15) is 17.4 Å². The number of aliphatic carboxylic acids is 1. The van der Waals surface area contributed by atoms with Crippen LogP contribution in [0.2, 0.25) is 0 Å². The quantitative estimate of drug-likeness (QED) is 0.605. The van der Waals surface area contributed by atoms with Gasteiger partial charge in [-0.25, -0.2) is 0 Å². The van der Waals surface area contributed by atoms with E-state index in [0.29, 0.717) is 17.0 Å². The number of hydrogen-bond acceptors (Lipinski definition) is 3. The van der Waals surface area contributed by atoms with Gasteiger partial charge in [-0.05, 0) is 19.3 Å². The van der Waals surface area contributed by atoms with Crippen LogP contribution in [0.25, 0.3) is 0 Å². The Bertz CT molecular complexity index is 255. The van der Waals surface area contributed by atoms with Crippen molar-refractivity contribution in [2.24, 2.45) is 5.92 Å². The summed E-state index contributed by atoms with van der Waals surface area (Å²) >= 11 is 1.78. The summed E-state index contributed by atoms with van der Waals surface area (Å²) in [4.78, 5) is 10.7. The molecule has 2 rings (SSSR count). The fourth-order valence-corrected chi connectivity index (χ4v) is 3.61. The van der Waals surface area contributed by atoms with Crippen molar-refractivity contribution in [2.45, 2.75) is 30.7 Å². The number of carbonyl (C=O) groups excluding carboxylic acids is 1. The van der Waals surface area contributed by atoms with E-state index in [-0.39, 0.29) is 6.04 Å². The predicted molar refractivity (Wildman–Crippen MR) is 53.4 cm³/mol. The van der Waals surface area contributed by atoms with E-state index in [4.69, 9.17) is 0 Å². The monoisotopic (exact) mass is 213 g/mol. The highest BCUT2D eigenvalue weighted by Gasteiger charge is 2.35. The van der Waals surface area contributed by atoms with Crippen LogP contribution < -0.4 is 10.4 Å². The second-order valence-electron chi connectivity index (χ2n) is 3.96. The van der Waals surface area contributed by atoms with Crippen molar-refractivity contribution < 1.29 is 15.2 Å². The number of rotatable bonds is 2. The zero-order chi connectivity index (χ0) is 9.97. The van der Waals surface area contributed by atoms with Crippen molar-refractivity contribution in [1.82, 2.24) is 0 Å². The molecule has 3 nitrogen and oxygen atoms in total. The Kier molecular flexibility index (Phi) is 3.13. The smallest absolute Gasteiger partial charge is 0.136 e. The van der Waals surface area contributed by atoms with Gasteiger partial charge in [0.25, 0.3) is 0 Å². The average molecular weight is 213 g/mol. The Morgan fingerprint density at radius 2 is 2.36 bits per heavy atom. The summed E-state index contributed by atoms with van der Waals surface area (Å²) in [6.45, 7) is 0. The molecule has 0 aromatic carbocycles. The number of quaternary nitrogens is 1. The SMILES string of the molecule is O=C([O-])C1CSC(C2CC=CCC2)[NH2+]1. The molecule has 0 spiro atoms. The van der Waals surface area contributed by atoms with Crippen LogP contribution in [0.15, 0.2) is 12.2 Å². The van der Waals surface area contributed by atoms with E-state index < -0.39 is 5.97 Å². The van der Waals surface area contributed by atoms with Gasteiger partial charge in [-0.15, -0.1) is 0 Å². The Morgan fingerprint density at radius 3 is 2.93 bits per heavy atom. The minimum atomic E-state index is -0.911. The van der Waals surface area contributed by atoms with Crippen LogP contribution in [-0.4, -0.2) is 23.1 Å². The molecule has 1 aliphatic carbocycles. The molecule has 0 amide bonds. The van der Waals surface area contributed by atoms with E-state index in [1.807, 2.05) is 5.32 Å². The van der Waals surface area contributed by atoms with Gasteiger partial charge in [-0.3, -0.25) is 0 Å². The number of allylic oxidation sites excluding steroid dienone is 2. The molecule has 4 heteroatoms. The van der Waals surface area contributed by atoms with E-state index in [2.05, 4.69) is 12.2 Å². The normalized spacial score (nSPS) is 37.3. The summed E-state index contributed by atoms with van der Waals surface area (Å²) in [6, 6.07) is -0.323. The Balaban J connectivity index is 1.88. The van der Waals surface area contributed by atoms with Crippen molar-refractivity contribution in [1.29, 1.82) is 0 Å². The molecule has 0 bridgehead atoms. The molecule has 2 aliphatic rings.